The molecule has 0 saturated carbocycles. The Morgan fingerprint density at radius 1 is 1.50 bits per heavy atom. The van der Waals surface area contributed by atoms with Crippen LogP contribution in [0.2, 0.25) is 0 Å². The Kier molecular flexibility index (Phi) is 3.50. The van der Waals surface area contributed by atoms with Crippen molar-refractivity contribution in [3.8, 4) is 0 Å². The van der Waals surface area contributed by atoms with Crippen LogP contribution in [0, 0.1) is 3.57 Å². The van der Waals surface area contributed by atoms with Crippen LogP contribution in [0.15, 0.2) is 36.9 Å². The van der Waals surface area contributed by atoms with E-state index in [2.05, 4.69) is 38.0 Å². The van der Waals surface area contributed by atoms with Crippen LogP contribution in [0.25, 0.3) is 0 Å². The van der Waals surface area contributed by atoms with E-state index in [-0.39, 0.29) is 12.5 Å². The number of carbonyl (C=O) groups is 1. The van der Waals surface area contributed by atoms with Crippen LogP contribution in [-0.2, 0) is 11.3 Å². The number of nitrogens with zero attached hydrogens (tertiary/aromatic N) is 3. The summed E-state index contributed by atoms with van der Waals surface area (Å²) in [4.78, 5) is 15.5. The van der Waals surface area contributed by atoms with Crippen molar-refractivity contribution in [2.45, 2.75) is 6.54 Å². The number of aromatic nitrogens is 3. The van der Waals surface area contributed by atoms with Crippen molar-refractivity contribution < 1.29 is 4.79 Å². The minimum Gasteiger partial charge on any atom is -0.323 e. The molecule has 16 heavy (non-hydrogen) atoms. The predicted octanol–water partition coefficient (Wildman–Crippen LogP) is 1.52. The molecular formula is C10H9IN4O. The molecule has 1 N–H and O–H groups in total. The van der Waals surface area contributed by atoms with Crippen molar-refractivity contribution in [3.05, 3.63) is 40.5 Å². The summed E-state index contributed by atoms with van der Waals surface area (Å²) < 4.78 is 2.60. The lowest BCUT2D eigenvalue weighted by Crippen LogP contribution is -2.18. The van der Waals surface area contributed by atoms with Gasteiger partial charge in [0, 0.05) is 12.4 Å². The van der Waals surface area contributed by atoms with E-state index in [1.165, 1.54) is 0 Å². The zero-order chi connectivity index (χ0) is 11.4. The van der Waals surface area contributed by atoms with Gasteiger partial charge >= 0.3 is 0 Å². The first-order chi connectivity index (χ1) is 7.74. The maximum Gasteiger partial charge on any atom is 0.246 e. The highest BCUT2D eigenvalue weighted by atomic mass is 127. The SMILES string of the molecule is O=C(Cn1cc(I)cn1)Nc1cccnc1. The monoisotopic (exact) mass is 328 g/mol. The quantitative estimate of drug-likeness (QED) is 0.869. The molecule has 0 saturated heterocycles. The molecule has 1 amide bonds. The van der Waals surface area contributed by atoms with Gasteiger partial charge in [-0.25, -0.2) is 0 Å². The van der Waals surface area contributed by atoms with Gasteiger partial charge in [0.2, 0.25) is 5.91 Å². The molecule has 0 aromatic carbocycles. The summed E-state index contributed by atoms with van der Waals surface area (Å²) in [6, 6.07) is 3.56. The third-order valence-corrected chi connectivity index (χ3v) is 2.41. The number of rotatable bonds is 3. The number of hydrogen-bond donors (Lipinski definition) is 1. The van der Waals surface area contributed by atoms with E-state index in [9.17, 15) is 4.79 Å². The summed E-state index contributed by atoms with van der Waals surface area (Å²) in [6.45, 7) is 0.206. The highest BCUT2D eigenvalue weighted by Crippen LogP contribution is 2.04. The summed E-state index contributed by atoms with van der Waals surface area (Å²) in [5, 5.41) is 6.77. The van der Waals surface area contributed by atoms with Crippen molar-refractivity contribution in [2.24, 2.45) is 0 Å². The summed E-state index contributed by atoms with van der Waals surface area (Å²) in [5.41, 5.74) is 0.689. The van der Waals surface area contributed by atoms with Crippen LogP contribution < -0.4 is 5.32 Å². The predicted molar refractivity (Wildman–Crippen MR) is 67.8 cm³/mol. The molecule has 0 spiro atoms. The smallest absolute Gasteiger partial charge is 0.246 e. The molecule has 2 heterocycles. The summed E-state index contributed by atoms with van der Waals surface area (Å²) in [7, 11) is 0. The molecule has 2 rings (SSSR count). The van der Waals surface area contributed by atoms with Gasteiger partial charge in [-0.15, -0.1) is 0 Å². The number of nitrogens with one attached hydrogen (secondary N) is 1. The van der Waals surface area contributed by atoms with Gasteiger partial charge in [0.15, 0.2) is 0 Å². The van der Waals surface area contributed by atoms with Gasteiger partial charge in [-0.05, 0) is 34.7 Å². The minimum absolute atomic E-state index is 0.118. The molecule has 0 atom stereocenters. The van der Waals surface area contributed by atoms with Gasteiger partial charge in [0.25, 0.3) is 0 Å². The van der Waals surface area contributed by atoms with Gasteiger partial charge in [-0.2, -0.15) is 5.10 Å². The van der Waals surface area contributed by atoms with Gasteiger partial charge in [0.05, 0.1) is 21.7 Å². The van der Waals surface area contributed by atoms with Gasteiger partial charge in [-0.3, -0.25) is 14.5 Å². The number of hydrogen-bond acceptors (Lipinski definition) is 3. The van der Waals surface area contributed by atoms with E-state index in [1.807, 2.05) is 6.20 Å². The molecule has 0 aliphatic heterocycles. The Labute approximate surface area is 106 Å². The number of halogens is 1. The number of pyridine rings is 1. The Balaban J connectivity index is 1.95. The van der Waals surface area contributed by atoms with Crippen molar-refractivity contribution in [2.75, 3.05) is 5.32 Å². The van der Waals surface area contributed by atoms with Crippen molar-refractivity contribution >= 4 is 34.2 Å². The van der Waals surface area contributed by atoms with E-state index in [1.54, 1.807) is 35.4 Å². The highest BCUT2D eigenvalue weighted by Gasteiger charge is 2.04. The molecule has 6 heteroatoms. The maximum absolute atomic E-state index is 11.6. The van der Waals surface area contributed by atoms with Crippen LogP contribution in [0.3, 0.4) is 0 Å². The zero-order valence-corrected chi connectivity index (χ0v) is 10.5. The van der Waals surface area contributed by atoms with Crippen LogP contribution in [0.1, 0.15) is 0 Å². The van der Waals surface area contributed by atoms with Crippen LogP contribution in [0.4, 0.5) is 5.69 Å². The van der Waals surface area contributed by atoms with E-state index < -0.39 is 0 Å². The molecule has 5 nitrogen and oxygen atoms in total. The Bertz CT molecular complexity index is 483. The van der Waals surface area contributed by atoms with E-state index >= 15 is 0 Å². The van der Waals surface area contributed by atoms with Gasteiger partial charge in [-0.1, -0.05) is 0 Å². The van der Waals surface area contributed by atoms with E-state index in [4.69, 9.17) is 0 Å². The number of amides is 1. The van der Waals surface area contributed by atoms with Crippen LogP contribution >= 0.6 is 22.6 Å². The zero-order valence-electron chi connectivity index (χ0n) is 8.30. The molecule has 0 radical (unpaired) electrons. The molecule has 2 aromatic heterocycles. The molecule has 0 aliphatic carbocycles. The topological polar surface area (TPSA) is 59.8 Å². The normalized spacial score (nSPS) is 10.1. The molecule has 82 valence electrons. The first kappa shape index (κ1) is 11.1. The standard InChI is InChI=1S/C10H9IN4O/c11-8-4-13-15(6-8)7-10(16)14-9-2-1-3-12-5-9/h1-6H,7H2,(H,14,16). The average molecular weight is 328 g/mol. The van der Waals surface area contributed by atoms with Crippen molar-refractivity contribution in [3.63, 3.8) is 0 Å². The third-order valence-electron chi connectivity index (χ3n) is 1.85. The van der Waals surface area contributed by atoms with Crippen LogP contribution in [-0.4, -0.2) is 20.7 Å². The fourth-order valence-electron chi connectivity index (χ4n) is 1.21. The first-order valence-corrected chi connectivity index (χ1v) is 5.70. The van der Waals surface area contributed by atoms with E-state index in [0.29, 0.717) is 5.69 Å². The summed E-state index contributed by atoms with van der Waals surface area (Å²) >= 11 is 2.15. The number of anilines is 1. The molecular weight excluding hydrogens is 319 g/mol. The van der Waals surface area contributed by atoms with Crippen LogP contribution in [0.5, 0.6) is 0 Å². The Morgan fingerprint density at radius 3 is 3.00 bits per heavy atom. The fourth-order valence-corrected chi connectivity index (χ4v) is 1.66. The lowest BCUT2D eigenvalue weighted by molar-refractivity contribution is -0.116. The molecule has 0 aliphatic rings. The second-order valence-electron chi connectivity index (χ2n) is 3.15. The average Bonchev–Trinajstić information content (AvgIpc) is 2.65. The molecule has 2 aromatic rings. The third kappa shape index (κ3) is 3.02. The first-order valence-electron chi connectivity index (χ1n) is 4.62. The minimum atomic E-state index is -0.118. The fraction of sp³-hybridized carbons (Fsp3) is 0.100. The molecule has 0 fully saturated rings. The maximum atomic E-state index is 11.6. The van der Waals surface area contributed by atoms with Gasteiger partial charge in [0.1, 0.15) is 6.54 Å². The second-order valence-corrected chi connectivity index (χ2v) is 4.39. The second kappa shape index (κ2) is 5.06. The summed E-state index contributed by atoms with van der Waals surface area (Å²) in [6.07, 6.45) is 6.78. The van der Waals surface area contributed by atoms with Crippen molar-refractivity contribution in [1.29, 1.82) is 0 Å². The number of carbonyl (C=O) groups excluding carboxylic acids is 1. The lowest BCUT2D eigenvalue weighted by atomic mass is 10.4. The largest absolute Gasteiger partial charge is 0.323 e. The highest BCUT2D eigenvalue weighted by molar-refractivity contribution is 14.1. The lowest BCUT2D eigenvalue weighted by Gasteiger charge is -2.04. The Hall–Kier alpha value is -1.44. The van der Waals surface area contributed by atoms with Crippen molar-refractivity contribution in [1.82, 2.24) is 14.8 Å². The summed E-state index contributed by atoms with van der Waals surface area (Å²) in [5.74, 6) is -0.118. The van der Waals surface area contributed by atoms with E-state index in [0.717, 1.165) is 3.57 Å². The molecule has 0 bridgehead atoms. The molecule has 0 unspecified atom stereocenters. The van der Waals surface area contributed by atoms with Gasteiger partial charge < -0.3 is 5.32 Å². The Morgan fingerprint density at radius 2 is 2.38 bits per heavy atom.